The van der Waals surface area contributed by atoms with Crippen molar-refractivity contribution in [3.8, 4) is 5.75 Å². The van der Waals surface area contributed by atoms with E-state index in [0.29, 0.717) is 6.54 Å². The molecule has 0 bridgehead atoms. The SMILES string of the molecule is COc1ccc(Cc2ccc3c(cnn3CCO)c2C)cc1. The highest BCUT2D eigenvalue weighted by atomic mass is 16.5. The van der Waals surface area contributed by atoms with Crippen LogP contribution in [0.5, 0.6) is 5.75 Å². The number of hydrogen-bond acceptors (Lipinski definition) is 3. The van der Waals surface area contributed by atoms with E-state index in [1.165, 1.54) is 16.7 Å². The molecule has 3 rings (SSSR count). The van der Waals surface area contributed by atoms with Crippen molar-refractivity contribution in [3.05, 3.63) is 59.3 Å². The minimum absolute atomic E-state index is 0.101. The number of aliphatic hydroxyl groups excluding tert-OH is 1. The van der Waals surface area contributed by atoms with Gasteiger partial charge in [0.1, 0.15) is 5.75 Å². The van der Waals surface area contributed by atoms with Gasteiger partial charge in [0, 0.05) is 5.39 Å². The zero-order valence-electron chi connectivity index (χ0n) is 12.9. The fourth-order valence-electron chi connectivity index (χ4n) is 2.76. The molecule has 0 aliphatic carbocycles. The van der Waals surface area contributed by atoms with Crippen molar-refractivity contribution >= 4 is 10.9 Å². The van der Waals surface area contributed by atoms with Crippen LogP contribution in [-0.4, -0.2) is 28.6 Å². The molecule has 1 N–H and O–H groups in total. The molecule has 0 radical (unpaired) electrons. The number of ether oxygens (including phenoxy) is 1. The van der Waals surface area contributed by atoms with Gasteiger partial charge in [-0.25, -0.2) is 0 Å². The summed E-state index contributed by atoms with van der Waals surface area (Å²) in [5, 5.41) is 14.6. The first-order valence-electron chi connectivity index (χ1n) is 7.40. The molecule has 0 atom stereocenters. The molecule has 0 fully saturated rings. The standard InChI is InChI=1S/C18H20N2O2/c1-13-15(11-14-3-6-16(22-2)7-4-14)5-8-18-17(13)12-19-20(18)9-10-21/h3-8,12,21H,9-11H2,1-2H3. The Kier molecular flexibility index (Phi) is 4.11. The fraction of sp³-hybridized carbons (Fsp3) is 0.278. The summed E-state index contributed by atoms with van der Waals surface area (Å²) in [4.78, 5) is 0. The van der Waals surface area contributed by atoms with E-state index in [2.05, 4.69) is 36.3 Å². The molecular formula is C18H20N2O2. The maximum Gasteiger partial charge on any atom is 0.118 e. The Morgan fingerprint density at radius 3 is 2.59 bits per heavy atom. The van der Waals surface area contributed by atoms with Gasteiger partial charge in [-0.1, -0.05) is 18.2 Å². The summed E-state index contributed by atoms with van der Waals surface area (Å²) < 4.78 is 7.04. The minimum atomic E-state index is 0.101. The fourth-order valence-corrected chi connectivity index (χ4v) is 2.76. The van der Waals surface area contributed by atoms with Crippen molar-refractivity contribution in [2.75, 3.05) is 13.7 Å². The molecule has 0 aliphatic rings. The third kappa shape index (κ3) is 2.70. The number of aryl methyl sites for hydroxylation is 1. The maximum atomic E-state index is 9.09. The van der Waals surface area contributed by atoms with E-state index in [0.717, 1.165) is 23.1 Å². The highest BCUT2D eigenvalue weighted by Gasteiger charge is 2.09. The van der Waals surface area contributed by atoms with Gasteiger partial charge in [-0.15, -0.1) is 0 Å². The van der Waals surface area contributed by atoms with E-state index in [4.69, 9.17) is 9.84 Å². The molecule has 4 nitrogen and oxygen atoms in total. The Morgan fingerprint density at radius 1 is 1.14 bits per heavy atom. The lowest BCUT2D eigenvalue weighted by Crippen LogP contribution is -2.03. The molecule has 3 aromatic rings. The number of aromatic nitrogens is 2. The van der Waals surface area contributed by atoms with Gasteiger partial charge in [0.05, 0.1) is 32.0 Å². The Hall–Kier alpha value is -2.33. The first-order chi connectivity index (χ1) is 10.7. The average Bonchev–Trinajstić information content (AvgIpc) is 2.95. The van der Waals surface area contributed by atoms with E-state index in [-0.39, 0.29) is 6.61 Å². The first-order valence-corrected chi connectivity index (χ1v) is 7.40. The van der Waals surface area contributed by atoms with Gasteiger partial charge >= 0.3 is 0 Å². The molecule has 22 heavy (non-hydrogen) atoms. The maximum absolute atomic E-state index is 9.09. The zero-order valence-corrected chi connectivity index (χ0v) is 12.9. The van der Waals surface area contributed by atoms with E-state index in [1.54, 1.807) is 7.11 Å². The lowest BCUT2D eigenvalue weighted by molar-refractivity contribution is 0.271. The number of rotatable bonds is 5. The average molecular weight is 296 g/mol. The van der Waals surface area contributed by atoms with Gasteiger partial charge in [0.15, 0.2) is 0 Å². The molecule has 1 heterocycles. The van der Waals surface area contributed by atoms with Crippen molar-refractivity contribution in [2.24, 2.45) is 0 Å². The van der Waals surface area contributed by atoms with E-state index >= 15 is 0 Å². The number of benzene rings is 2. The molecule has 0 aliphatic heterocycles. The van der Waals surface area contributed by atoms with Gasteiger partial charge in [-0.3, -0.25) is 4.68 Å². The lowest BCUT2D eigenvalue weighted by atomic mass is 9.98. The van der Waals surface area contributed by atoms with Crippen LogP contribution in [0.3, 0.4) is 0 Å². The third-order valence-corrected chi connectivity index (χ3v) is 4.07. The molecule has 0 saturated carbocycles. The van der Waals surface area contributed by atoms with E-state index in [1.807, 2.05) is 23.0 Å². The summed E-state index contributed by atoms with van der Waals surface area (Å²) in [6, 6.07) is 12.4. The highest BCUT2D eigenvalue weighted by Crippen LogP contribution is 2.24. The predicted octanol–water partition coefficient (Wildman–Crippen LogP) is 2.94. The Labute approximate surface area is 130 Å². The molecular weight excluding hydrogens is 276 g/mol. The van der Waals surface area contributed by atoms with Crippen molar-refractivity contribution in [1.82, 2.24) is 9.78 Å². The summed E-state index contributed by atoms with van der Waals surface area (Å²) in [5.74, 6) is 0.876. The number of nitrogens with zero attached hydrogens (tertiary/aromatic N) is 2. The number of methoxy groups -OCH3 is 1. The van der Waals surface area contributed by atoms with Gasteiger partial charge < -0.3 is 9.84 Å². The largest absolute Gasteiger partial charge is 0.497 e. The van der Waals surface area contributed by atoms with Crippen molar-refractivity contribution in [1.29, 1.82) is 0 Å². The van der Waals surface area contributed by atoms with Crippen LogP contribution < -0.4 is 4.74 Å². The van der Waals surface area contributed by atoms with E-state index in [9.17, 15) is 0 Å². The van der Waals surface area contributed by atoms with Crippen LogP contribution in [0.2, 0.25) is 0 Å². The van der Waals surface area contributed by atoms with Crippen LogP contribution in [0.1, 0.15) is 16.7 Å². The van der Waals surface area contributed by atoms with Crippen LogP contribution in [-0.2, 0) is 13.0 Å². The quantitative estimate of drug-likeness (QED) is 0.787. The molecule has 2 aromatic carbocycles. The van der Waals surface area contributed by atoms with Gasteiger partial charge in [-0.05, 0) is 48.2 Å². The van der Waals surface area contributed by atoms with Gasteiger partial charge in [0.25, 0.3) is 0 Å². The monoisotopic (exact) mass is 296 g/mol. The highest BCUT2D eigenvalue weighted by molar-refractivity contribution is 5.83. The zero-order chi connectivity index (χ0) is 15.5. The van der Waals surface area contributed by atoms with Crippen molar-refractivity contribution in [2.45, 2.75) is 19.9 Å². The first kappa shape index (κ1) is 14.6. The smallest absolute Gasteiger partial charge is 0.118 e. The van der Waals surface area contributed by atoms with Crippen molar-refractivity contribution < 1.29 is 9.84 Å². The number of hydrogen-bond donors (Lipinski definition) is 1. The Morgan fingerprint density at radius 2 is 1.91 bits per heavy atom. The van der Waals surface area contributed by atoms with Crippen LogP contribution >= 0.6 is 0 Å². The molecule has 114 valence electrons. The minimum Gasteiger partial charge on any atom is -0.497 e. The summed E-state index contributed by atoms with van der Waals surface area (Å²) in [7, 11) is 1.68. The second-order valence-corrected chi connectivity index (χ2v) is 5.40. The molecule has 0 spiro atoms. The number of fused-ring (bicyclic) bond motifs is 1. The predicted molar refractivity (Wildman–Crippen MR) is 87.4 cm³/mol. The van der Waals surface area contributed by atoms with Crippen LogP contribution in [0.4, 0.5) is 0 Å². The topological polar surface area (TPSA) is 47.3 Å². The second-order valence-electron chi connectivity index (χ2n) is 5.40. The van der Waals surface area contributed by atoms with Crippen molar-refractivity contribution in [3.63, 3.8) is 0 Å². The van der Waals surface area contributed by atoms with Crippen LogP contribution in [0, 0.1) is 6.92 Å². The van der Waals surface area contributed by atoms with E-state index < -0.39 is 0 Å². The van der Waals surface area contributed by atoms with Crippen LogP contribution in [0.15, 0.2) is 42.6 Å². The molecule has 1 aromatic heterocycles. The molecule has 0 saturated heterocycles. The summed E-state index contributed by atoms with van der Waals surface area (Å²) >= 11 is 0. The third-order valence-electron chi connectivity index (χ3n) is 4.07. The lowest BCUT2D eigenvalue weighted by Gasteiger charge is -2.09. The van der Waals surface area contributed by atoms with Gasteiger partial charge in [0.2, 0.25) is 0 Å². The number of aliphatic hydroxyl groups is 1. The second kappa shape index (κ2) is 6.20. The van der Waals surface area contributed by atoms with Gasteiger partial charge in [-0.2, -0.15) is 5.10 Å². The molecule has 0 unspecified atom stereocenters. The summed E-state index contributed by atoms with van der Waals surface area (Å²) in [6.07, 6.45) is 2.77. The normalized spacial score (nSPS) is 11.0. The molecule has 0 amide bonds. The molecule has 4 heteroatoms. The summed E-state index contributed by atoms with van der Waals surface area (Å²) in [5.41, 5.74) is 4.87. The Balaban J connectivity index is 1.92. The Bertz CT molecular complexity index is 776. The summed E-state index contributed by atoms with van der Waals surface area (Å²) in [6.45, 7) is 2.76. The van der Waals surface area contributed by atoms with Crippen LogP contribution in [0.25, 0.3) is 10.9 Å².